The Balaban J connectivity index is 1.81. The molecule has 0 fully saturated rings. The molecule has 2 nitrogen and oxygen atoms in total. The molecule has 3 aromatic rings. The molecule has 0 saturated heterocycles. The van der Waals surface area contributed by atoms with Crippen molar-refractivity contribution in [3.05, 3.63) is 74.4 Å². The van der Waals surface area contributed by atoms with Crippen molar-refractivity contribution in [3.8, 4) is 0 Å². The molecule has 3 rings (SSSR count). The van der Waals surface area contributed by atoms with E-state index < -0.39 is 0 Å². The predicted octanol–water partition coefficient (Wildman–Crippen LogP) is 7.83. The number of benzene rings is 1. The topological polar surface area (TPSA) is 17.8 Å². The smallest absolute Gasteiger partial charge is 0.0946 e. The van der Waals surface area contributed by atoms with Crippen molar-refractivity contribution in [1.82, 2.24) is 9.55 Å². The molecule has 0 aliphatic rings. The van der Waals surface area contributed by atoms with Crippen LogP contribution in [0, 0.1) is 0 Å². The van der Waals surface area contributed by atoms with E-state index in [1.54, 1.807) is 35.4 Å². The van der Waals surface area contributed by atoms with E-state index in [1.807, 2.05) is 24.7 Å². The third-order valence-corrected chi connectivity index (χ3v) is 7.87. The molecule has 148 valence electrons. The van der Waals surface area contributed by atoms with Gasteiger partial charge in [0.15, 0.2) is 0 Å². The summed E-state index contributed by atoms with van der Waals surface area (Å²) in [4.78, 5) is 5.38. The van der Waals surface area contributed by atoms with Crippen molar-refractivity contribution in [2.75, 3.05) is 0 Å². The number of thiophene rings is 1. The summed E-state index contributed by atoms with van der Waals surface area (Å²) in [5, 5.41) is 3.53. The fourth-order valence-electron chi connectivity index (χ4n) is 3.01. The lowest BCUT2D eigenvalue weighted by Gasteiger charge is -2.19. The third kappa shape index (κ3) is 5.83. The van der Waals surface area contributed by atoms with Crippen LogP contribution >= 0.6 is 58.5 Å². The average Bonchev–Trinajstić information content (AvgIpc) is 3.33. The van der Waals surface area contributed by atoms with Gasteiger partial charge < -0.3 is 4.57 Å². The molecule has 0 saturated carbocycles. The lowest BCUT2D eigenvalue weighted by molar-refractivity contribution is 0.685. The van der Waals surface area contributed by atoms with Crippen LogP contribution in [0.5, 0.6) is 0 Å². The van der Waals surface area contributed by atoms with Crippen molar-refractivity contribution < 1.29 is 0 Å². The van der Waals surface area contributed by atoms with Crippen LogP contribution in [0.25, 0.3) is 0 Å². The Bertz CT molecular complexity index is 906. The van der Waals surface area contributed by atoms with E-state index in [-0.39, 0.29) is 5.25 Å². The second-order valence-electron chi connectivity index (χ2n) is 6.55. The first-order valence-electron chi connectivity index (χ1n) is 9.26. The normalized spacial score (nSPS) is 12.2. The Labute approximate surface area is 190 Å². The minimum Gasteiger partial charge on any atom is -0.336 e. The summed E-state index contributed by atoms with van der Waals surface area (Å²) < 4.78 is 2.99. The van der Waals surface area contributed by atoms with Gasteiger partial charge in [0.25, 0.3) is 0 Å². The first kappa shape index (κ1) is 21.8. The van der Waals surface area contributed by atoms with Crippen molar-refractivity contribution in [2.24, 2.45) is 0 Å². The SMILES string of the molecule is CCCCCc1ccsc1C(=S)SC(Cn1ccnc1)c1ccc(Cl)cc1Cl. The number of hydrogen-bond acceptors (Lipinski definition) is 4. The molecule has 28 heavy (non-hydrogen) atoms. The molecule has 2 aromatic heterocycles. The Kier molecular flexibility index (Phi) is 8.42. The van der Waals surface area contributed by atoms with Crippen LogP contribution in [-0.4, -0.2) is 13.7 Å². The summed E-state index contributed by atoms with van der Waals surface area (Å²) in [6.07, 6.45) is 10.3. The molecule has 0 N–H and O–H groups in total. The lowest BCUT2D eigenvalue weighted by atomic mass is 10.1. The summed E-state index contributed by atoms with van der Waals surface area (Å²) in [5.74, 6) is 0. The summed E-state index contributed by atoms with van der Waals surface area (Å²) >= 11 is 21.9. The van der Waals surface area contributed by atoms with Crippen LogP contribution in [-0.2, 0) is 13.0 Å². The minimum atomic E-state index is 0.0806. The van der Waals surface area contributed by atoms with Crippen LogP contribution < -0.4 is 0 Å². The molecule has 0 bridgehead atoms. The highest BCUT2D eigenvalue weighted by atomic mass is 35.5. The van der Waals surface area contributed by atoms with Crippen LogP contribution in [0.1, 0.15) is 47.4 Å². The van der Waals surface area contributed by atoms with Crippen molar-refractivity contribution in [1.29, 1.82) is 0 Å². The van der Waals surface area contributed by atoms with E-state index in [4.69, 9.17) is 35.4 Å². The molecule has 0 spiro atoms. The first-order chi connectivity index (χ1) is 13.6. The second kappa shape index (κ2) is 10.8. The zero-order valence-electron chi connectivity index (χ0n) is 15.6. The van der Waals surface area contributed by atoms with Crippen LogP contribution in [0.15, 0.2) is 48.4 Å². The molecule has 0 amide bonds. The fourth-order valence-corrected chi connectivity index (χ4v) is 6.39. The van der Waals surface area contributed by atoms with Crippen molar-refractivity contribution >= 4 is 62.7 Å². The van der Waals surface area contributed by atoms with E-state index in [9.17, 15) is 0 Å². The maximum Gasteiger partial charge on any atom is 0.0946 e. The number of aromatic nitrogens is 2. The zero-order chi connectivity index (χ0) is 19.9. The fraction of sp³-hybridized carbons (Fsp3) is 0.333. The van der Waals surface area contributed by atoms with Gasteiger partial charge in [-0.15, -0.1) is 23.1 Å². The number of hydrogen-bond donors (Lipinski definition) is 0. The standard InChI is InChI=1S/C21H22Cl2N2S3/c1-2-3-4-5-15-8-11-27-20(15)21(26)28-19(13-25-10-9-24-14-25)17-7-6-16(22)12-18(17)23/h6-12,14,19H,2-5,13H2,1H3. The van der Waals surface area contributed by atoms with Crippen LogP contribution in [0.4, 0.5) is 0 Å². The van der Waals surface area contributed by atoms with Crippen molar-refractivity contribution in [2.45, 2.75) is 44.4 Å². The van der Waals surface area contributed by atoms with Crippen LogP contribution in [0.2, 0.25) is 10.0 Å². The number of halogens is 2. The second-order valence-corrected chi connectivity index (χ2v) is 10.2. The van der Waals surface area contributed by atoms with Gasteiger partial charge >= 0.3 is 0 Å². The van der Waals surface area contributed by atoms with E-state index in [2.05, 4.69) is 27.9 Å². The summed E-state index contributed by atoms with van der Waals surface area (Å²) in [7, 11) is 0. The Morgan fingerprint density at radius 1 is 1.29 bits per heavy atom. The van der Waals surface area contributed by atoms with Gasteiger partial charge in [0, 0.05) is 29.0 Å². The van der Waals surface area contributed by atoms with Gasteiger partial charge in [0.05, 0.1) is 20.7 Å². The summed E-state index contributed by atoms with van der Waals surface area (Å²) in [5.41, 5.74) is 2.40. The molecule has 0 aliphatic heterocycles. The largest absolute Gasteiger partial charge is 0.336 e. The number of imidazole rings is 1. The first-order valence-corrected chi connectivity index (χ1v) is 12.2. The van der Waals surface area contributed by atoms with Gasteiger partial charge in [-0.3, -0.25) is 0 Å². The number of rotatable bonds is 9. The summed E-state index contributed by atoms with van der Waals surface area (Å²) in [6, 6.07) is 7.89. The highest BCUT2D eigenvalue weighted by Gasteiger charge is 2.21. The van der Waals surface area contributed by atoms with Gasteiger partial charge in [-0.2, -0.15) is 0 Å². The van der Waals surface area contributed by atoms with E-state index >= 15 is 0 Å². The number of nitrogens with zero attached hydrogens (tertiary/aromatic N) is 2. The number of thiocarbonyl (C=S) groups is 1. The van der Waals surface area contributed by atoms with Crippen LogP contribution in [0.3, 0.4) is 0 Å². The molecule has 1 unspecified atom stereocenters. The van der Waals surface area contributed by atoms with E-state index in [1.165, 1.54) is 29.7 Å². The minimum absolute atomic E-state index is 0.0806. The maximum absolute atomic E-state index is 6.53. The highest BCUT2D eigenvalue weighted by molar-refractivity contribution is 8.24. The number of unbranched alkanes of at least 4 members (excludes halogenated alkanes) is 2. The molecule has 7 heteroatoms. The number of thioether (sulfide) groups is 1. The third-order valence-electron chi connectivity index (χ3n) is 4.48. The monoisotopic (exact) mass is 468 g/mol. The zero-order valence-corrected chi connectivity index (χ0v) is 19.6. The van der Waals surface area contributed by atoms with Gasteiger partial charge in [0.1, 0.15) is 0 Å². The molecule has 0 radical (unpaired) electrons. The highest BCUT2D eigenvalue weighted by Crippen LogP contribution is 2.39. The van der Waals surface area contributed by atoms with E-state index in [0.29, 0.717) is 10.0 Å². The van der Waals surface area contributed by atoms with E-state index in [0.717, 1.165) is 22.7 Å². The van der Waals surface area contributed by atoms with Gasteiger partial charge in [-0.1, -0.05) is 61.3 Å². The van der Waals surface area contributed by atoms with Crippen molar-refractivity contribution in [3.63, 3.8) is 0 Å². The molecular weight excluding hydrogens is 447 g/mol. The molecular formula is C21H22Cl2N2S3. The van der Waals surface area contributed by atoms with Gasteiger partial charge in [-0.25, -0.2) is 4.98 Å². The Morgan fingerprint density at radius 2 is 2.14 bits per heavy atom. The van der Waals surface area contributed by atoms with Gasteiger partial charge in [0.2, 0.25) is 0 Å². The Morgan fingerprint density at radius 3 is 2.86 bits per heavy atom. The average molecular weight is 470 g/mol. The molecule has 1 atom stereocenters. The molecule has 2 heterocycles. The lowest BCUT2D eigenvalue weighted by Crippen LogP contribution is -2.08. The maximum atomic E-state index is 6.53. The molecule has 0 aliphatic carbocycles. The quantitative estimate of drug-likeness (QED) is 0.235. The predicted molar refractivity (Wildman–Crippen MR) is 128 cm³/mol. The Hall–Kier alpha value is -0.850. The van der Waals surface area contributed by atoms with Gasteiger partial charge in [-0.05, 0) is 47.5 Å². The summed E-state index contributed by atoms with van der Waals surface area (Å²) in [6.45, 7) is 2.97. The number of aryl methyl sites for hydroxylation is 1. The molecule has 1 aromatic carbocycles.